The Morgan fingerprint density at radius 1 is 1.44 bits per heavy atom. The summed E-state index contributed by atoms with van der Waals surface area (Å²) in [5.41, 5.74) is 9.69. The lowest BCUT2D eigenvalue weighted by molar-refractivity contribution is 0.304. The Kier molecular flexibility index (Phi) is 5.27. The largest absolute Gasteiger partial charge is 0.363 e. The summed E-state index contributed by atoms with van der Waals surface area (Å²) in [6, 6.07) is 3.51. The van der Waals surface area contributed by atoms with Gasteiger partial charge in [0, 0.05) is 16.6 Å². The Labute approximate surface area is 155 Å². The normalized spacial score (nSPS) is 14.0. The van der Waals surface area contributed by atoms with Crippen LogP contribution in [-0.4, -0.2) is 26.8 Å². The van der Waals surface area contributed by atoms with Crippen molar-refractivity contribution in [2.75, 3.05) is 5.32 Å². The average molecular weight is 382 g/mol. The Balaban J connectivity index is 2.02. The van der Waals surface area contributed by atoms with Gasteiger partial charge < -0.3 is 11.1 Å². The first-order chi connectivity index (χ1) is 11.9. The van der Waals surface area contributed by atoms with Crippen molar-refractivity contribution >= 4 is 34.3 Å². The molecule has 0 aliphatic rings. The molecule has 3 rings (SSSR count). The maximum atomic E-state index is 13.5. The lowest BCUT2D eigenvalue weighted by atomic mass is 10.0. The maximum Gasteiger partial charge on any atom is 0.243 e. The molecule has 0 unspecified atom stereocenters. The smallest absolute Gasteiger partial charge is 0.243 e. The van der Waals surface area contributed by atoms with E-state index in [1.165, 1.54) is 11.8 Å². The van der Waals surface area contributed by atoms with Crippen LogP contribution in [0, 0.1) is 13.8 Å². The Bertz CT molecular complexity index is 875. The molecule has 3 aromatic rings. The third-order valence-corrected chi connectivity index (χ3v) is 5.46. The second-order valence-electron chi connectivity index (χ2n) is 6.16. The summed E-state index contributed by atoms with van der Waals surface area (Å²) in [6.45, 7) is 6.06. The van der Waals surface area contributed by atoms with Crippen molar-refractivity contribution in [1.82, 2.24) is 14.6 Å². The van der Waals surface area contributed by atoms with Crippen molar-refractivity contribution in [3.63, 3.8) is 0 Å². The van der Waals surface area contributed by atoms with Crippen LogP contribution in [0.3, 0.4) is 0 Å². The SMILES string of the molecule is Cc1c(C[C@@H](N)[C@H](C)F)c(C)n2nc(Cl)nc(NCc3cccs3)c12. The monoisotopic (exact) mass is 381 g/mol. The van der Waals surface area contributed by atoms with Crippen molar-refractivity contribution in [2.24, 2.45) is 5.73 Å². The van der Waals surface area contributed by atoms with Crippen molar-refractivity contribution in [1.29, 1.82) is 0 Å². The van der Waals surface area contributed by atoms with Gasteiger partial charge in [-0.05, 0) is 61.4 Å². The highest BCUT2D eigenvalue weighted by Gasteiger charge is 2.22. The van der Waals surface area contributed by atoms with Crippen LogP contribution in [-0.2, 0) is 13.0 Å². The molecule has 5 nitrogen and oxygen atoms in total. The molecule has 0 spiro atoms. The molecular weight excluding hydrogens is 361 g/mol. The van der Waals surface area contributed by atoms with Crippen molar-refractivity contribution in [3.8, 4) is 0 Å². The van der Waals surface area contributed by atoms with Gasteiger partial charge in [0.2, 0.25) is 5.28 Å². The van der Waals surface area contributed by atoms with Gasteiger partial charge in [-0.2, -0.15) is 4.98 Å². The van der Waals surface area contributed by atoms with E-state index in [1.54, 1.807) is 15.9 Å². The minimum atomic E-state index is -1.08. The Morgan fingerprint density at radius 3 is 2.84 bits per heavy atom. The van der Waals surface area contributed by atoms with E-state index >= 15 is 0 Å². The van der Waals surface area contributed by atoms with Gasteiger partial charge >= 0.3 is 0 Å². The maximum absolute atomic E-state index is 13.5. The van der Waals surface area contributed by atoms with Crippen molar-refractivity contribution in [2.45, 2.75) is 46.0 Å². The van der Waals surface area contributed by atoms with Crippen LogP contribution in [0.25, 0.3) is 5.52 Å². The molecular formula is C17H21ClFN5S. The first-order valence-electron chi connectivity index (χ1n) is 8.08. The number of anilines is 1. The van der Waals surface area contributed by atoms with E-state index < -0.39 is 12.2 Å². The topological polar surface area (TPSA) is 68.2 Å². The second kappa shape index (κ2) is 7.27. The number of hydrogen-bond acceptors (Lipinski definition) is 5. The minimum Gasteiger partial charge on any atom is -0.363 e. The first-order valence-corrected chi connectivity index (χ1v) is 9.34. The number of nitrogens with zero attached hydrogens (tertiary/aromatic N) is 3. The minimum absolute atomic E-state index is 0.161. The van der Waals surface area contributed by atoms with Crippen LogP contribution in [0.4, 0.5) is 10.2 Å². The molecule has 25 heavy (non-hydrogen) atoms. The third kappa shape index (κ3) is 3.63. The third-order valence-electron chi connectivity index (χ3n) is 4.42. The molecule has 8 heteroatoms. The highest BCUT2D eigenvalue weighted by Crippen LogP contribution is 2.29. The number of rotatable bonds is 6. The van der Waals surface area contributed by atoms with E-state index in [9.17, 15) is 4.39 Å². The summed E-state index contributed by atoms with van der Waals surface area (Å²) in [7, 11) is 0. The van der Waals surface area contributed by atoms with E-state index in [-0.39, 0.29) is 5.28 Å². The highest BCUT2D eigenvalue weighted by atomic mass is 35.5. The van der Waals surface area contributed by atoms with Gasteiger partial charge in [-0.15, -0.1) is 16.4 Å². The number of aromatic nitrogens is 3. The summed E-state index contributed by atoms with van der Waals surface area (Å²) in [5, 5.41) is 9.84. The number of nitrogens with one attached hydrogen (secondary N) is 1. The van der Waals surface area contributed by atoms with Gasteiger partial charge in [0.05, 0.1) is 6.54 Å². The number of nitrogens with two attached hydrogens (primary N) is 1. The summed E-state index contributed by atoms with van der Waals surface area (Å²) < 4.78 is 15.3. The summed E-state index contributed by atoms with van der Waals surface area (Å²) >= 11 is 7.78. The Morgan fingerprint density at radius 2 is 2.20 bits per heavy atom. The fraction of sp³-hybridized carbons (Fsp3) is 0.412. The molecule has 134 valence electrons. The Hall–Kier alpha value is -1.70. The van der Waals surface area contributed by atoms with Gasteiger partial charge in [0.1, 0.15) is 11.7 Å². The first kappa shape index (κ1) is 18.1. The fourth-order valence-corrected chi connectivity index (χ4v) is 3.73. The van der Waals surface area contributed by atoms with E-state index in [4.69, 9.17) is 17.3 Å². The molecule has 3 aromatic heterocycles. The van der Waals surface area contributed by atoms with Gasteiger partial charge in [0.25, 0.3) is 0 Å². The van der Waals surface area contributed by atoms with Crippen LogP contribution in [0.2, 0.25) is 5.28 Å². The van der Waals surface area contributed by atoms with E-state index in [1.807, 2.05) is 25.3 Å². The number of aryl methyl sites for hydroxylation is 2. The molecule has 0 aliphatic heterocycles. The fourth-order valence-electron chi connectivity index (χ4n) is 2.93. The van der Waals surface area contributed by atoms with E-state index in [2.05, 4.69) is 21.5 Å². The molecule has 2 atom stereocenters. The van der Waals surface area contributed by atoms with E-state index in [0.717, 1.165) is 22.3 Å². The molecule has 0 radical (unpaired) electrons. The van der Waals surface area contributed by atoms with Gasteiger partial charge in [-0.3, -0.25) is 0 Å². The molecule has 0 aromatic carbocycles. The van der Waals surface area contributed by atoms with Crippen LogP contribution >= 0.6 is 22.9 Å². The van der Waals surface area contributed by atoms with E-state index in [0.29, 0.717) is 18.8 Å². The number of hydrogen-bond donors (Lipinski definition) is 2. The van der Waals surface area contributed by atoms with Crippen LogP contribution < -0.4 is 11.1 Å². The standard InChI is InChI=1S/C17H21ClFN5S/c1-9-13(7-14(20)10(2)19)11(3)24-15(9)16(22-17(18)23-24)21-8-12-5-4-6-25-12/h4-6,10,14H,7-8,20H2,1-3H3,(H,21,22,23)/t10-,14+/m0/s1. The van der Waals surface area contributed by atoms with Gasteiger partial charge in [0.15, 0.2) is 5.82 Å². The molecule has 3 N–H and O–H groups in total. The molecule has 0 saturated heterocycles. The van der Waals surface area contributed by atoms with Crippen molar-refractivity contribution < 1.29 is 4.39 Å². The van der Waals surface area contributed by atoms with Crippen molar-refractivity contribution in [3.05, 3.63) is 44.5 Å². The zero-order valence-corrected chi connectivity index (χ0v) is 16.0. The molecule has 3 heterocycles. The number of alkyl halides is 1. The quantitative estimate of drug-likeness (QED) is 0.679. The van der Waals surface area contributed by atoms with Gasteiger partial charge in [-0.25, -0.2) is 8.91 Å². The zero-order valence-electron chi connectivity index (χ0n) is 14.4. The van der Waals surface area contributed by atoms with Crippen LogP contribution in [0.15, 0.2) is 17.5 Å². The molecule has 0 aliphatic carbocycles. The predicted molar refractivity (Wildman–Crippen MR) is 101 cm³/mol. The molecule has 0 bridgehead atoms. The molecule has 0 fully saturated rings. The highest BCUT2D eigenvalue weighted by molar-refractivity contribution is 7.09. The predicted octanol–water partition coefficient (Wildman–Crippen LogP) is 3.90. The van der Waals surface area contributed by atoms with Gasteiger partial charge in [-0.1, -0.05) is 6.07 Å². The number of thiophene rings is 1. The molecule has 0 saturated carbocycles. The number of fused-ring (bicyclic) bond motifs is 1. The number of halogens is 2. The lowest BCUT2D eigenvalue weighted by Gasteiger charge is -2.13. The average Bonchev–Trinajstić information content (AvgIpc) is 3.15. The second-order valence-corrected chi connectivity index (χ2v) is 7.53. The summed E-state index contributed by atoms with van der Waals surface area (Å²) in [6.07, 6.45) is -0.631. The molecule has 0 amide bonds. The lowest BCUT2D eigenvalue weighted by Crippen LogP contribution is -2.32. The summed E-state index contributed by atoms with van der Waals surface area (Å²) in [4.78, 5) is 5.55. The summed E-state index contributed by atoms with van der Waals surface area (Å²) in [5.74, 6) is 0.669. The van der Waals surface area contributed by atoms with Crippen LogP contribution in [0.1, 0.15) is 28.6 Å². The van der Waals surface area contributed by atoms with Crippen LogP contribution in [0.5, 0.6) is 0 Å². The zero-order chi connectivity index (χ0) is 18.1.